The lowest BCUT2D eigenvalue weighted by atomic mass is 10.1. The van der Waals surface area contributed by atoms with Gasteiger partial charge in [-0.1, -0.05) is 15.9 Å². The number of aromatic nitrogens is 2. The standard InChI is InChI=1S/C11H8BrFN2/c12-7-8-5-10(15-11(13)6-8)9-1-3-14-4-2-9/h1-6H,7H2. The highest BCUT2D eigenvalue weighted by atomic mass is 79.9. The molecular formula is C11H8BrFN2. The molecule has 2 nitrogen and oxygen atoms in total. The molecule has 2 heterocycles. The number of pyridine rings is 2. The number of rotatable bonds is 2. The number of alkyl halides is 1. The molecule has 0 aromatic carbocycles. The highest BCUT2D eigenvalue weighted by Crippen LogP contribution is 2.19. The molecule has 4 heteroatoms. The molecule has 2 rings (SSSR count). The van der Waals surface area contributed by atoms with Crippen LogP contribution >= 0.6 is 15.9 Å². The van der Waals surface area contributed by atoms with E-state index >= 15 is 0 Å². The molecule has 0 spiro atoms. The quantitative estimate of drug-likeness (QED) is 0.617. The Morgan fingerprint density at radius 2 is 1.93 bits per heavy atom. The highest BCUT2D eigenvalue weighted by Gasteiger charge is 2.03. The fourth-order valence-electron chi connectivity index (χ4n) is 1.30. The fraction of sp³-hybridized carbons (Fsp3) is 0.0909. The molecule has 0 radical (unpaired) electrons. The molecule has 2 aromatic rings. The molecule has 0 amide bonds. The summed E-state index contributed by atoms with van der Waals surface area (Å²) in [5.41, 5.74) is 2.37. The van der Waals surface area contributed by atoms with Crippen LogP contribution in [0.2, 0.25) is 0 Å². The zero-order valence-electron chi connectivity index (χ0n) is 7.82. The van der Waals surface area contributed by atoms with Crippen molar-refractivity contribution in [1.29, 1.82) is 0 Å². The minimum atomic E-state index is -0.459. The van der Waals surface area contributed by atoms with E-state index in [-0.39, 0.29) is 0 Å². The molecule has 0 aliphatic rings. The van der Waals surface area contributed by atoms with E-state index in [4.69, 9.17) is 0 Å². The van der Waals surface area contributed by atoms with Crippen LogP contribution in [0.4, 0.5) is 4.39 Å². The van der Waals surface area contributed by atoms with Crippen molar-refractivity contribution in [1.82, 2.24) is 9.97 Å². The van der Waals surface area contributed by atoms with E-state index in [1.165, 1.54) is 6.07 Å². The van der Waals surface area contributed by atoms with Crippen molar-refractivity contribution in [3.8, 4) is 11.3 Å². The maximum atomic E-state index is 13.2. The lowest BCUT2D eigenvalue weighted by molar-refractivity contribution is 0.584. The number of halogens is 2. The van der Waals surface area contributed by atoms with Gasteiger partial charge in [0.05, 0.1) is 5.69 Å². The molecule has 0 atom stereocenters. The summed E-state index contributed by atoms with van der Waals surface area (Å²) >= 11 is 3.29. The Bertz CT molecular complexity index is 459. The second-order valence-corrected chi connectivity index (χ2v) is 3.61. The van der Waals surface area contributed by atoms with Gasteiger partial charge in [0.25, 0.3) is 0 Å². The van der Waals surface area contributed by atoms with Crippen LogP contribution in [0.3, 0.4) is 0 Å². The summed E-state index contributed by atoms with van der Waals surface area (Å²) in [5, 5.41) is 0.616. The summed E-state index contributed by atoms with van der Waals surface area (Å²) in [4.78, 5) is 7.74. The third-order valence-corrected chi connectivity index (χ3v) is 2.63. The molecule has 0 fully saturated rings. The van der Waals surface area contributed by atoms with E-state index in [0.717, 1.165) is 11.1 Å². The zero-order valence-corrected chi connectivity index (χ0v) is 9.41. The Morgan fingerprint density at radius 3 is 2.60 bits per heavy atom. The predicted molar refractivity (Wildman–Crippen MR) is 60.1 cm³/mol. The first-order valence-electron chi connectivity index (χ1n) is 4.42. The number of hydrogen-bond donors (Lipinski definition) is 0. The maximum absolute atomic E-state index is 13.2. The SMILES string of the molecule is Fc1cc(CBr)cc(-c2ccncc2)n1. The van der Waals surface area contributed by atoms with Crippen LogP contribution in [0.25, 0.3) is 11.3 Å². The number of nitrogens with zero attached hydrogens (tertiary/aromatic N) is 2. The molecule has 76 valence electrons. The predicted octanol–water partition coefficient (Wildman–Crippen LogP) is 3.18. The van der Waals surface area contributed by atoms with Gasteiger partial charge in [0, 0.05) is 23.3 Å². The third kappa shape index (κ3) is 2.39. The molecule has 15 heavy (non-hydrogen) atoms. The molecule has 0 aliphatic carbocycles. The molecule has 2 aromatic heterocycles. The first-order valence-corrected chi connectivity index (χ1v) is 5.54. The van der Waals surface area contributed by atoms with Crippen LogP contribution in [0, 0.1) is 5.95 Å². The molecule has 0 aliphatic heterocycles. The van der Waals surface area contributed by atoms with Crippen LogP contribution in [0.1, 0.15) is 5.56 Å². The van der Waals surface area contributed by atoms with Gasteiger partial charge < -0.3 is 0 Å². The summed E-state index contributed by atoms with van der Waals surface area (Å²) in [5.74, 6) is -0.459. The van der Waals surface area contributed by atoms with Gasteiger partial charge in [-0.3, -0.25) is 4.98 Å². The first kappa shape index (κ1) is 10.2. The Morgan fingerprint density at radius 1 is 1.20 bits per heavy atom. The normalized spacial score (nSPS) is 10.3. The van der Waals surface area contributed by atoms with E-state index in [1.54, 1.807) is 24.5 Å². The molecule has 0 bridgehead atoms. The van der Waals surface area contributed by atoms with Crippen LogP contribution in [-0.2, 0) is 5.33 Å². The Kier molecular flexibility index (Phi) is 3.06. The first-order chi connectivity index (χ1) is 7.29. The van der Waals surface area contributed by atoms with Crippen molar-refractivity contribution >= 4 is 15.9 Å². The largest absolute Gasteiger partial charge is 0.265 e. The van der Waals surface area contributed by atoms with Gasteiger partial charge in [-0.05, 0) is 29.8 Å². The average molecular weight is 267 g/mol. The fourth-order valence-corrected chi connectivity index (χ4v) is 1.62. The minimum absolute atomic E-state index is 0.459. The Labute approximate surface area is 95.3 Å². The summed E-state index contributed by atoms with van der Waals surface area (Å²) in [6, 6.07) is 6.88. The maximum Gasteiger partial charge on any atom is 0.213 e. The van der Waals surface area contributed by atoms with E-state index in [0.29, 0.717) is 11.0 Å². The van der Waals surface area contributed by atoms with E-state index in [9.17, 15) is 4.39 Å². The average Bonchev–Trinajstić information content (AvgIpc) is 2.29. The van der Waals surface area contributed by atoms with Crippen molar-refractivity contribution < 1.29 is 4.39 Å². The highest BCUT2D eigenvalue weighted by molar-refractivity contribution is 9.08. The summed E-state index contributed by atoms with van der Waals surface area (Å²) in [7, 11) is 0. The van der Waals surface area contributed by atoms with Crippen LogP contribution in [-0.4, -0.2) is 9.97 Å². The van der Waals surface area contributed by atoms with Crippen LogP contribution < -0.4 is 0 Å². The van der Waals surface area contributed by atoms with Crippen molar-refractivity contribution in [3.63, 3.8) is 0 Å². The van der Waals surface area contributed by atoms with Crippen molar-refractivity contribution in [3.05, 3.63) is 48.2 Å². The summed E-state index contributed by atoms with van der Waals surface area (Å²) in [6.07, 6.45) is 3.32. The van der Waals surface area contributed by atoms with Crippen LogP contribution in [0.15, 0.2) is 36.7 Å². The van der Waals surface area contributed by atoms with Gasteiger partial charge in [0.15, 0.2) is 0 Å². The lowest BCUT2D eigenvalue weighted by Crippen LogP contribution is -1.91. The smallest absolute Gasteiger partial charge is 0.213 e. The summed E-state index contributed by atoms with van der Waals surface area (Å²) in [6.45, 7) is 0. The van der Waals surface area contributed by atoms with Gasteiger partial charge in [0.1, 0.15) is 0 Å². The topological polar surface area (TPSA) is 25.8 Å². The molecule has 0 saturated heterocycles. The third-order valence-electron chi connectivity index (χ3n) is 1.98. The van der Waals surface area contributed by atoms with Gasteiger partial charge in [-0.2, -0.15) is 4.39 Å². The molecular weight excluding hydrogens is 259 g/mol. The van der Waals surface area contributed by atoms with Gasteiger partial charge in [-0.15, -0.1) is 0 Å². The monoisotopic (exact) mass is 266 g/mol. The molecule has 0 N–H and O–H groups in total. The van der Waals surface area contributed by atoms with E-state index in [2.05, 4.69) is 25.9 Å². The van der Waals surface area contributed by atoms with E-state index < -0.39 is 5.95 Å². The van der Waals surface area contributed by atoms with Crippen molar-refractivity contribution in [2.45, 2.75) is 5.33 Å². The summed E-state index contributed by atoms with van der Waals surface area (Å²) < 4.78 is 13.2. The van der Waals surface area contributed by atoms with Crippen molar-refractivity contribution in [2.75, 3.05) is 0 Å². The minimum Gasteiger partial charge on any atom is -0.265 e. The Balaban J connectivity index is 2.49. The van der Waals surface area contributed by atoms with Crippen molar-refractivity contribution in [2.24, 2.45) is 0 Å². The van der Waals surface area contributed by atoms with E-state index in [1.807, 2.05) is 6.07 Å². The second kappa shape index (κ2) is 4.49. The van der Waals surface area contributed by atoms with Gasteiger partial charge in [0.2, 0.25) is 5.95 Å². The van der Waals surface area contributed by atoms with Crippen LogP contribution in [0.5, 0.6) is 0 Å². The van der Waals surface area contributed by atoms with Gasteiger partial charge in [-0.25, -0.2) is 4.98 Å². The number of hydrogen-bond acceptors (Lipinski definition) is 2. The lowest BCUT2D eigenvalue weighted by Gasteiger charge is -2.02. The molecule has 0 saturated carbocycles. The second-order valence-electron chi connectivity index (χ2n) is 3.05. The Hall–Kier alpha value is -1.29. The molecule has 0 unspecified atom stereocenters. The van der Waals surface area contributed by atoms with Gasteiger partial charge >= 0.3 is 0 Å². The zero-order chi connectivity index (χ0) is 10.7.